The molecule has 4 rings (SSSR count). The van der Waals surface area contributed by atoms with Gasteiger partial charge in [-0.15, -0.1) is 0 Å². The van der Waals surface area contributed by atoms with Crippen LogP contribution in [0.2, 0.25) is 0 Å². The second-order valence-corrected chi connectivity index (χ2v) is 14.1. The molecule has 13 nitrogen and oxygen atoms in total. The number of benzene rings is 2. The molecule has 0 spiro atoms. The number of anilines is 2. The van der Waals surface area contributed by atoms with E-state index in [0.717, 1.165) is 22.9 Å². The molecule has 2 aliphatic rings. The molecule has 16 heteroatoms. The van der Waals surface area contributed by atoms with Crippen molar-refractivity contribution in [1.82, 2.24) is 8.61 Å². The largest absolute Gasteiger partial charge is 0.497 e. The molecule has 2 fully saturated rings. The second kappa shape index (κ2) is 13.5. The van der Waals surface area contributed by atoms with Crippen molar-refractivity contribution in [2.75, 3.05) is 88.3 Å². The van der Waals surface area contributed by atoms with Crippen LogP contribution in [-0.2, 0) is 33.7 Å². The van der Waals surface area contributed by atoms with Gasteiger partial charge in [0.15, 0.2) is 11.9 Å². The van der Waals surface area contributed by atoms with Gasteiger partial charge < -0.3 is 19.3 Å². The number of rotatable bonds is 12. The maximum atomic E-state index is 12.7. The molecule has 0 N–H and O–H groups in total. The Kier molecular flexibility index (Phi) is 10.3. The Balaban J connectivity index is 1.18. The van der Waals surface area contributed by atoms with Gasteiger partial charge in [-0.25, -0.2) is 16.8 Å². The quantitative estimate of drug-likeness (QED) is 0.321. The van der Waals surface area contributed by atoms with Crippen LogP contribution < -0.4 is 19.3 Å². The van der Waals surface area contributed by atoms with Gasteiger partial charge in [0.2, 0.25) is 20.0 Å². The molecule has 2 saturated heterocycles. The van der Waals surface area contributed by atoms with Crippen molar-refractivity contribution in [3.63, 3.8) is 0 Å². The second-order valence-electron chi connectivity index (χ2n) is 9.17. The summed E-state index contributed by atoms with van der Waals surface area (Å²) >= 11 is 0. The Morgan fingerprint density at radius 2 is 0.925 bits per heavy atom. The Bertz CT molecular complexity index is 1240. The lowest BCUT2D eigenvalue weighted by atomic mass is 10.2. The van der Waals surface area contributed by atoms with Crippen molar-refractivity contribution in [3.05, 3.63) is 48.5 Å². The first-order valence-corrected chi connectivity index (χ1v) is 17.1. The zero-order valence-electron chi connectivity index (χ0n) is 22.5. The minimum Gasteiger partial charge on any atom is -0.497 e. The predicted octanol–water partition coefficient (Wildman–Crippen LogP) is 1.65. The van der Waals surface area contributed by atoms with Crippen molar-refractivity contribution in [2.45, 2.75) is 0 Å². The first-order valence-electron chi connectivity index (χ1n) is 12.6. The van der Waals surface area contributed by atoms with Crippen LogP contribution in [-0.4, -0.2) is 104 Å². The van der Waals surface area contributed by atoms with Crippen molar-refractivity contribution in [1.29, 1.82) is 0 Å². The summed E-state index contributed by atoms with van der Waals surface area (Å²) in [6.45, 7) is 2.82. The van der Waals surface area contributed by atoms with Gasteiger partial charge in [-0.05, 0) is 48.5 Å². The molecule has 0 atom stereocenters. The van der Waals surface area contributed by atoms with E-state index >= 15 is 0 Å². The summed E-state index contributed by atoms with van der Waals surface area (Å²) in [6, 6.07) is 15.0. The highest BCUT2D eigenvalue weighted by molar-refractivity contribution is 7.89. The minimum absolute atomic E-state index is 0.233. The van der Waals surface area contributed by atoms with Crippen LogP contribution in [0.15, 0.2) is 48.5 Å². The third-order valence-corrected chi connectivity index (χ3v) is 11.1. The summed E-state index contributed by atoms with van der Waals surface area (Å²) in [5, 5.41) is 0. The standard InChI is InChI=1S/C24H35N4O9PS2/c1-34-23-7-3-21(4-8-23)25-11-15-27(16-12-25)39(30,31)19-36-38(29)37-20-40(32,33)28-17-13-26(14-18-28)22-5-9-24(35-2)10-6-22/h3-10,38H,11-20H2,1-2H3. The van der Waals surface area contributed by atoms with E-state index in [1.54, 1.807) is 14.2 Å². The van der Waals surface area contributed by atoms with E-state index in [2.05, 4.69) is 9.80 Å². The predicted molar refractivity (Wildman–Crippen MR) is 152 cm³/mol. The van der Waals surface area contributed by atoms with Gasteiger partial charge in [0.25, 0.3) is 0 Å². The average Bonchev–Trinajstić information content (AvgIpc) is 2.99. The third kappa shape index (κ3) is 7.87. The van der Waals surface area contributed by atoms with Gasteiger partial charge in [0.1, 0.15) is 11.5 Å². The van der Waals surface area contributed by atoms with E-state index in [9.17, 15) is 21.4 Å². The van der Waals surface area contributed by atoms with Crippen molar-refractivity contribution in [3.8, 4) is 11.5 Å². The molecule has 0 unspecified atom stereocenters. The van der Waals surface area contributed by atoms with Gasteiger partial charge in [0.05, 0.1) is 14.2 Å². The van der Waals surface area contributed by atoms with E-state index in [-0.39, 0.29) is 26.2 Å². The number of piperazine rings is 2. The maximum absolute atomic E-state index is 12.7. The molecule has 0 saturated carbocycles. The lowest BCUT2D eigenvalue weighted by Gasteiger charge is -2.35. The summed E-state index contributed by atoms with van der Waals surface area (Å²) in [4.78, 5) is 4.11. The van der Waals surface area contributed by atoms with Gasteiger partial charge in [0, 0.05) is 63.7 Å². The fourth-order valence-corrected chi connectivity index (χ4v) is 8.25. The number of nitrogens with zero attached hydrogens (tertiary/aromatic N) is 4. The highest BCUT2D eigenvalue weighted by atomic mass is 32.2. The zero-order chi connectivity index (χ0) is 28.8. The van der Waals surface area contributed by atoms with Crippen LogP contribution in [0.5, 0.6) is 11.5 Å². The fourth-order valence-electron chi connectivity index (χ4n) is 4.47. The lowest BCUT2D eigenvalue weighted by molar-refractivity contribution is 0.262. The van der Waals surface area contributed by atoms with Gasteiger partial charge in [-0.1, -0.05) is 0 Å². The third-order valence-electron chi connectivity index (χ3n) is 6.79. The van der Waals surface area contributed by atoms with Gasteiger partial charge >= 0.3 is 8.25 Å². The number of ether oxygens (including phenoxy) is 2. The van der Waals surface area contributed by atoms with E-state index in [4.69, 9.17) is 18.5 Å². The Labute approximate surface area is 236 Å². The van der Waals surface area contributed by atoms with E-state index in [0.29, 0.717) is 26.2 Å². The normalized spacial score (nSPS) is 17.8. The van der Waals surface area contributed by atoms with Crippen LogP contribution in [0.1, 0.15) is 0 Å². The Morgan fingerprint density at radius 3 is 1.23 bits per heavy atom. The first-order chi connectivity index (χ1) is 19.1. The molecular formula is C24H35N4O9PS2. The van der Waals surface area contributed by atoms with Crippen LogP contribution in [0, 0.1) is 0 Å². The Hall–Kier alpha value is -2.39. The van der Waals surface area contributed by atoms with Crippen LogP contribution in [0.25, 0.3) is 0 Å². The highest BCUT2D eigenvalue weighted by Crippen LogP contribution is 2.28. The summed E-state index contributed by atoms with van der Waals surface area (Å²) in [6.07, 6.45) is 0. The SMILES string of the molecule is COc1ccc(N2CCN(S(=O)(=O)CO[PH](=O)OCS(=O)(=O)N3CCN(c4ccc(OC)cc4)CC3)CC2)cc1. The average molecular weight is 619 g/mol. The molecule has 2 aromatic rings. The molecule has 0 amide bonds. The summed E-state index contributed by atoms with van der Waals surface area (Å²) < 4.78 is 85.7. The molecule has 0 aliphatic carbocycles. The van der Waals surface area contributed by atoms with E-state index in [1.165, 1.54) is 8.61 Å². The lowest BCUT2D eigenvalue weighted by Crippen LogP contribution is -2.49. The summed E-state index contributed by atoms with van der Waals surface area (Å²) in [5.74, 6) is -0.235. The van der Waals surface area contributed by atoms with E-state index < -0.39 is 40.2 Å². The molecule has 0 bridgehead atoms. The number of sulfonamides is 2. The highest BCUT2D eigenvalue weighted by Gasteiger charge is 2.30. The smallest absolute Gasteiger partial charge is 0.321 e. The van der Waals surface area contributed by atoms with Crippen LogP contribution >= 0.6 is 8.25 Å². The number of hydrogen-bond donors (Lipinski definition) is 0. The molecule has 0 aromatic heterocycles. The topological polar surface area (TPSA) is 135 Å². The minimum atomic E-state index is -3.87. The molecule has 2 aromatic carbocycles. The van der Waals surface area contributed by atoms with Crippen LogP contribution in [0.4, 0.5) is 11.4 Å². The molecule has 222 valence electrons. The number of methoxy groups -OCH3 is 2. The first kappa shape index (κ1) is 30.6. The Morgan fingerprint density at radius 1 is 0.600 bits per heavy atom. The van der Waals surface area contributed by atoms with Gasteiger partial charge in [-0.2, -0.15) is 8.61 Å². The molecule has 0 radical (unpaired) electrons. The van der Waals surface area contributed by atoms with Crippen LogP contribution in [0.3, 0.4) is 0 Å². The van der Waals surface area contributed by atoms with Crippen molar-refractivity contribution < 1.29 is 39.9 Å². The maximum Gasteiger partial charge on any atom is 0.321 e. The van der Waals surface area contributed by atoms with E-state index in [1.807, 2.05) is 48.5 Å². The zero-order valence-corrected chi connectivity index (χ0v) is 25.1. The molecule has 40 heavy (non-hydrogen) atoms. The molecular weight excluding hydrogens is 583 g/mol. The fraction of sp³-hybridized carbons (Fsp3) is 0.500. The monoisotopic (exact) mass is 618 g/mol. The van der Waals surface area contributed by atoms with Gasteiger partial charge in [-0.3, -0.25) is 13.6 Å². The molecule has 2 heterocycles. The van der Waals surface area contributed by atoms with Crippen molar-refractivity contribution in [2.24, 2.45) is 0 Å². The summed E-state index contributed by atoms with van der Waals surface area (Å²) in [5.41, 5.74) is 1.91. The molecule has 2 aliphatic heterocycles. The number of hydrogen-bond acceptors (Lipinski definition) is 11. The summed E-state index contributed by atoms with van der Waals surface area (Å²) in [7, 11) is -7.92. The van der Waals surface area contributed by atoms with Crippen molar-refractivity contribution >= 4 is 39.7 Å².